The Hall–Kier alpha value is -2.16. The molecule has 154 valence electrons. The minimum atomic E-state index is -0.722. The van der Waals surface area contributed by atoms with Crippen molar-refractivity contribution in [3.8, 4) is 5.75 Å². The third-order valence-corrected chi connectivity index (χ3v) is 5.30. The lowest BCUT2D eigenvalue weighted by Gasteiger charge is -2.17. The molecule has 3 rings (SSSR count). The molecule has 2 heterocycles. The molecular weight excluding hydrogens is 360 g/mol. The summed E-state index contributed by atoms with van der Waals surface area (Å²) < 4.78 is 10.6. The minimum Gasteiger partial charge on any atom is -0.494 e. The van der Waals surface area contributed by atoms with Crippen molar-refractivity contribution in [2.45, 2.75) is 38.2 Å². The summed E-state index contributed by atoms with van der Waals surface area (Å²) in [6.45, 7) is 6.02. The number of rotatable bonds is 8. The normalized spacial score (nSPS) is 21.2. The second kappa shape index (κ2) is 8.46. The quantitative estimate of drug-likeness (QED) is 0.638. The summed E-state index contributed by atoms with van der Waals surface area (Å²) in [6, 6.07) is 3.93. The molecule has 2 atom stereocenters. The molecule has 1 aliphatic rings. The Morgan fingerprint density at radius 3 is 2.89 bits per heavy atom. The number of amides is 1. The zero-order valence-electron chi connectivity index (χ0n) is 17.0. The van der Waals surface area contributed by atoms with Gasteiger partial charge >= 0.3 is 0 Å². The highest BCUT2D eigenvalue weighted by atomic mass is 16.5. The van der Waals surface area contributed by atoms with Gasteiger partial charge in [-0.25, -0.2) is 4.98 Å². The average molecular weight is 390 g/mol. The van der Waals surface area contributed by atoms with E-state index in [-0.39, 0.29) is 18.4 Å². The molecule has 8 nitrogen and oxygen atoms in total. The summed E-state index contributed by atoms with van der Waals surface area (Å²) in [5.41, 5.74) is 1.92. The third kappa shape index (κ3) is 4.63. The number of aromatic amines is 1. The number of hydrogen-bond donors (Lipinski definition) is 3. The van der Waals surface area contributed by atoms with E-state index < -0.39 is 5.60 Å². The van der Waals surface area contributed by atoms with Gasteiger partial charge in [0.15, 0.2) is 0 Å². The Balaban J connectivity index is 1.77. The monoisotopic (exact) mass is 390 g/mol. The summed E-state index contributed by atoms with van der Waals surface area (Å²) in [5, 5.41) is 12.9. The van der Waals surface area contributed by atoms with Crippen molar-refractivity contribution < 1.29 is 19.4 Å². The van der Waals surface area contributed by atoms with E-state index in [9.17, 15) is 9.90 Å². The molecule has 1 amide bonds. The van der Waals surface area contributed by atoms with Crippen LogP contribution in [0.5, 0.6) is 5.75 Å². The predicted octanol–water partition coefficient (Wildman–Crippen LogP) is 2.11. The van der Waals surface area contributed by atoms with E-state index in [1.54, 1.807) is 21.1 Å². The van der Waals surface area contributed by atoms with Crippen molar-refractivity contribution in [2.75, 3.05) is 45.8 Å². The molecule has 28 heavy (non-hydrogen) atoms. The van der Waals surface area contributed by atoms with Crippen molar-refractivity contribution >= 4 is 22.9 Å². The van der Waals surface area contributed by atoms with Gasteiger partial charge in [-0.05, 0) is 37.3 Å². The lowest BCUT2D eigenvalue weighted by atomic mass is 9.96. The van der Waals surface area contributed by atoms with Gasteiger partial charge in [0.05, 0.1) is 24.8 Å². The van der Waals surface area contributed by atoms with Gasteiger partial charge in [-0.15, -0.1) is 0 Å². The highest BCUT2D eigenvalue weighted by molar-refractivity contribution is 5.94. The van der Waals surface area contributed by atoms with Gasteiger partial charge in [0.1, 0.15) is 11.3 Å². The number of aromatic nitrogens is 2. The molecule has 0 aliphatic carbocycles. The fourth-order valence-corrected chi connectivity index (χ4v) is 3.71. The van der Waals surface area contributed by atoms with E-state index in [2.05, 4.69) is 22.2 Å². The lowest BCUT2D eigenvalue weighted by Crippen LogP contribution is -2.35. The average Bonchev–Trinajstić information content (AvgIpc) is 3.20. The van der Waals surface area contributed by atoms with Gasteiger partial charge in [-0.2, -0.15) is 0 Å². The van der Waals surface area contributed by atoms with E-state index >= 15 is 0 Å². The van der Waals surface area contributed by atoms with Crippen molar-refractivity contribution in [3.63, 3.8) is 0 Å². The molecule has 1 aromatic heterocycles. The Labute approximate surface area is 165 Å². The molecule has 1 aliphatic heterocycles. The first-order chi connectivity index (χ1) is 13.3. The molecule has 3 N–H and O–H groups in total. The summed E-state index contributed by atoms with van der Waals surface area (Å²) in [7, 11) is 3.30. The topological polar surface area (TPSA) is 99.7 Å². The third-order valence-electron chi connectivity index (χ3n) is 5.30. The number of anilines is 1. The number of aliphatic hydroxyl groups is 1. The summed E-state index contributed by atoms with van der Waals surface area (Å²) in [6.07, 6.45) is 1.55. The molecule has 0 bridgehead atoms. The Kier molecular flexibility index (Phi) is 6.22. The second-order valence-electron chi connectivity index (χ2n) is 7.85. The fraction of sp³-hybridized carbons (Fsp3) is 0.600. The second-order valence-corrected chi connectivity index (χ2v) is 7.85. The van der Waals surface area contributed by atoms with Gasteiger partial charge in [0.25, 0.3) is 0 Å². The number of methoxy groups -OCH3 is 2. The fourth-order valence-electron chi connectivity index (χ4n) is 3.71. The summed E-state index contributed by atoms with van der Waals surface area (Å²) in [5.74, 6) is 1.17. The van der Waals surface area contributed by atoms with Crippen molar-refractivity contribution in [2.24, 2.45) is 0 Å². The van der Waals surface area contributed by atoms with Gasteiger partial charge in [-0.1, -0.05) is 13.0 Å². The molecule has 0 saturated carbocycles. The zero-order valence-corrected chi connectivity index (χ0v) is 17.0. The molecule has 1 saturated heterocycles. The number of H-pyrrole nitrogens is 1. The van der Waals surface area contributed by atoms with E-state index in [4.69, 9.17) is 9.47 Å². The van der Waals surface area contributed by atoms with Crippen LogP contribution in [0.4, 0.5) is 5.95 Å². The number of hydrogen-bond acceptors (Lipinski definition) is 6. The van der Waals surface area contributed by atoms with Gasteiger partial charge in [-0.3, -0.25) is 15.0 Å². The highest BCUT2D eigenvalue weighted by Crippen LogP contribution is 2.33. The maximum absolute atomic E-state index is 12.4. The van der Waals surface area contributed by atoms with Crippen LogP contribution >= 0.6 is 0 Å². The number of carbonyl (C=O) groups excluding carboxylic acids is 1. The van der Waals surface area contributed by atoms with E-state index in [0.717, 1.165) is 23.0 Å². The van der Waals surface area contributed by atoms with Crippen LogP contribution in [0.1, 0.15) is 38.2 Å². The van der Waals surface area contributed by atoms with E-state index in [1.165, 1.54) is 0 Å². The molecule has 1 fully saturated rings. The number of fused-ring (bicyclic) bond motifs is 1. The Bertz CT molecular complexity index is 833. The molecule has 1 unspecified atom stereocenters. The van der Waals surface area contributed by atoms with Gasteiger partial charge < -0.3 is 19.6 Å². The minimum absolute atomic E-state index is 0.162. The number of carbonyl (C=O) groups is 1. The molecule has 1 aromatic carbocycles. The lowest BCUT2D eigenvalue weighted by molar-refractivity contribution is -0.117. The number of β-amino-alcohol motifs (C(OH)–C–C–N with tert-alkyl or cyclic N) is 1. The molecule has 0 spiro atoms. The largest absolute Gasteiger partial charge is 0.494 e. The van der Waals surface area contributed by atoms with Crippen LogP contribution in [0.15, 0.2) is 12.1 Å². The number of imidazole rings is 1. The van der Waals surface area contributed by atoms with Crippen LogP contribution in [0, 0.1) is 0 Å². The number of likely N-dealkylation sites (tertiary alicyclic amines) is 1. The maximum Gasteiger partial charge on any atom is 0.240 e. The molecular formula is C20H30N4O4. The van der Waals surface area contributed by atoms with Crippen molar-refractivity contribution in [1.82, 2.24) is 14.9 Å². The summed E-state index contributed by atoms with van der Waals surface area (Å²) in [4.78, 5) is 22.2. The number of nitrogens with zero attached hydrogens (tertiary/aromatic N) is 2. The van der Waals surface area contributed by atoms with Crippen LogP contribution in [-0.4, -0.2) is 71.9 Å². The van der Waals surface area contributed by atoms with Crippen LogP contribution in [0.2, 0.25) is 0 Å². The van der Waals surface area contributed by atoms with Gasteiger partial charge in [0, 0.05) is 26.8 Å². The van der Waals surface area contributed by atoms with E-state index in [1.807, 2.05) is 17.0 Å². The Morgan fingerprint density at radius 2 is 2.25 bits per heavy atom. The van der Waals surface area contributed by atoms with Crippen LogP contribution in [0.25, 0.3) is 11.0 Å². The molecule has 8 heteroatoms. The molecule has 2 aromatic rings. The standard InChI is InChI=1S/C20H30N4O4/c1-13(7-10-27-3)14-5-6-15(28-4)18-17(14)22-19(23-18)21-16(25)11-24-9-8-20(2,26)12-24/h5-6,13,26H,7-12H2,1-4H3,(H2,21,22,23,25)/t13?,20-/m0/s1. The van der Waals surface area contributed by atoms with Gasteiger partial charge in [0.2, 0.25) is 11.9 Å². The number of nitrogens with one attached hydrogen (secondary N) is 2. The SMILES string of the molecule is COCCC(C)c1ccc(OC)c2[nH]c(NC(=O)CN3CC[C@](C)(O)C3)nc12. The summed E-state index contributed by atoms with van der Waals surface area (Å²) >= 11 is 0. The first kappa shape index (κ1) is 20.6. The van der Waals surface area contributed by atoms with E-state index in [0.29, 0.717) is 37.8 Å². The van der Waals surface area contributed by atoms with Crippen LogP contribution in [-0.2, 0) is 9.53 Å². The van der Waals surface area contributed by atoms with Crippen molar-refractivity contribution in [1.29, 1.82) is 0 Å². The van der Waals surface area contributed by atoms with Crippen LogP contribution < -0.4 is 10.1 Å². The van der Waals surface area contributed by atoms with Crippen LogP contribution in [0.3, 0.4) is 0 Å². The zero-order chi connectivity index (χ0) is 20.3. The Morgan fingerprint density at radius 1 is 1.46 bits per heavy atom. The number of benzene rings is 1. The number of ether oxygens (including phenoxy) is 2. The predicted molar refractivity (Wildman–Crippen MR) is 108 cm³/mol. The first-order valence-electron chi connectivity index (χ1n) is 9.63. The smallest absolute Gasteiger partial charge is 0.240 e. The van der Waals surface area contributed by atoms with Crippen molar-refractivity contribution in [3.05, 3.63) is 17.7 Å². The maximum atomic E-state index is 12.4. The first-order valence-corrected chi connectivity index (χ1v) is 9.63. The molecule has 0 radical (unpaired) electrons. The highest BCUT2D eigenvalue weighted by Gasteiger charge is 2.32.